The van der Waals surface area contributed by atoms with Gasteiger partial charge < -0.3 is 5.73 Å². The molecule has 2 heterocycles. The summed E-state index contributed by atoms with van der Waals surface area (Å²) < 4.78 is 0. The van der Waals surface area contributed by atoms with E-state index in [1.54, 1.807) is 16.7 Å². The summed E-state index contributed by atoms with van der Waals surface area (Å²) in [4.78, 5) is 16.1. The molecule has 14 heavy (non-hydrogen) atoms. The molecule has 0 aliphatic carbocycles. The normalized spacial score (nSPS) is 10.4. The molecule has 2 aromatic rings. The minimum absolute atomic E-state index is 0.345. The average molecular weight is 224 g/mol. The van der Waals surface area contributed by atoms with Crippen LogP contribution < -0.4 is 5.73 Å². The quantitative estimate of drug-likeness (QED) is 0.850. The molecule has 0 aliphatic heterocycles. The Balaban J connectivity index is 2.43. The second-order valence-electron chi connectivity index (χ2n) is 2.83. The van der Waals surface area contributed by atoms with E-state index < -0.39 is 5.91 Å². The first-order chi connectivity index (χ1) is 6.68. The molecule has 0 radical (unpaired) electrons. The molecule has 0 unspecified atom stereocenters. The van der Waals surface area contributed by atoms with Crippen LogP contribution in [0.25, 0.3) is 9.88 Å². The summed E-state index contributed by atoms with van der Waals surface area (Å²) in [5, 5.41) is 4.57. The number of thiazole rings is 1. The lowest BCUT2D eigenvalue weighted by molar-refractivity contribution is 0.0996. The van der Waals surface area contributed by atoms with Gasteiger partial charge in [-0.15, -0.1) is 22.7 Å². The van der Waals surface area contributed by atoms with Gasteiger partial charge in [0, 0.05) is 5.38 Å². The van der Waals surface area contributed by atoms with E-state index >= 15 is 0 Å². The maximum atomic E-state index is 10.8. The summed E-state index contributed by atoms with van der Waals surface area (Å²) in [6.07, 6.45) is 0. The zero-order valence-electron chi connectivity index (χ0n) is 7.48. The summed E-state index contributed by atoms with van der Waals surface area (Å²) in [6.45, 7) is 2.02. The third kappa shape index (κ3) is 1.56. The van der Waals surface area contributed by atoms with Crippen molar-refractivity contribution >= 4 is 28.6 Å². The minimum Gasteiger partial charge on any atom is -0.364 e. The zero-order valence-corrected chi connectivity index (χ0v) is 9.11. The smallest absolute Gasteiger partial charge is 0.268 e. The van der Waals surface area contributed by atoms with Crippen LogP contribution in [0.1, 0.15) is 16.1 Å². The van der Waals surface area contributed by atoms with Gasteiger partial charge in [-0.05, 0) is 23.9 Å². The zero-order chi connectivity index (χ0) is 10.1. The molecule has 0 atom stereocenters. The Morgan fingerprint density at radius 2 is 2.29 bits per heavy atom. The van der Waals surface area contributed by atoms with Crippen LogP contribution in [0.4, 0.5) is 0 Å². The number of aryl methyl sites for hydroxylation is 1. The maximum absolute atomic E-state index is 10.8. The molecule has 72 valence electrons. The van der Waals surface area contributed by atoms with E-state index in [1.165, 1.54) is 16.9 Å². The molecule has 1 amide bonds. The van der Waals surface area contributed by atoms with Crippen molar-refractivity contribution in [3.63, 3.8) is 0 Å². The van der Waals surface area contributed by atoms with E-state index in [9.17, 15) is 4.79 Å². The number of carbonyl (C=O) groups excluding carboxylic acids is 1. The monoisotopic (exact) mass is 224 g/mol. The Labute approximate surface area is 89.2 Å². The molecule has 0 saturated heterocycles. The number of primary amides is 1. The molecule has 2 rings (SSSR count). The number of carbonyl (C=O) groups is 1. The Morgan fingerprint density at radius 3 is 2.79 bits per heavy atom. The number of rotatable bonds is 2. The van der Waals surface area contributed by atoms with E-state index in [0.29, 0.717) is 5.69 Å². The van der Waals surface area contributed by atoms with E-state index in [2.05, 4.69) is 4.98 Å². The first-order valence-electron chi connectivity index (χ1n) is 3.98. The molecule has 0 aliphatic rings. The molecular formula is C9H8N2OS2. The fraction of sp³-hybridized carbons (Fsp3) is 0.111. The highest BCUT2D eigenvalue weighted by molar-refractivity contribution is 7.20. The largest absolute Gasteiger partial charge is 0.364 e. The van der Waals surface area contributed by atoms with Gasteiger partial charge in [0.2, 0.25) is 0 Å². The van der Waals surface area contributed by atoms with Crippen molar-refractivity contribution in [2.24, 2.45) is 5.73 Å². The summed E-state index contributed by atoms with van der Waals surface area (Å²) in [5.74, 6) is -0.471. The van der Waals surface area contributed by atoms with Crippen LogP contribution in [0.5, 0.6) is 0 Å². The van der Waals surface area contributed by atoms with Crippen LogP contribution in [0.15, 0.2) is 16.8 Å². The second-order valence-corrected chi connectivity index (χ2v) is 4.61. The van der Waals surface area contributed by atoms with E-state index in [4.69, 9.17) is 5.73 Å². The molecular weight excluding hydrogens is 216 g/mol. The van der Waals surface area contributed by atoms with Gasteiger partial charge >= 0.3 is 0 Å². The predicted molar refractivity (Wildman–Crippen MR) is 58.7 cm³/mol. The highest BCUT2D eigenvalue weighted by Crippen LogP contribution is 2.31. The molecule has 0 fully saturated rings. The molecule has 3 nitrogen and oxygen atoms in total. The lowest BCUT2D eigenvalue weighted by atomic mass is 10.3. The molecule has 5 heteroatoms. The second kappa shape index (κ2) is 3.51. The fourth-order valence-electron chi connectivity index (χ4n) is 1.08. The minimum atomic E-state index is -0.471. The van der Waals surface area contributed by atoms with Crippen molar-refractivity contribution in [2.75, 3.05) is 0 Å². The summed E-state index contributed by atoms with van der Waals surface area (Å²) in [7, 11) is 0. The Kier molecular flexibility index (Phi) is 2.35. The standard InChI is InChI=1S/C9H8N2OS2/c1-5-2-3-13-7(5)9-11-6(4-14-9)8(10)12/h2-4H,1H3,(H2,10,12). The van der Waals surface area contributed by atoms with E-state index in [1.807, 2.05) is 18.4 Å². The molecule has 0 spiro atoms. The van der Waals surface area contributed by atoms with Crippen LogP contribution >= 0.6 is 22.7 Å². The summed E-state index contributed by atoms with van der Waals surface area (Å²) in [5.41, 5.74) is 6.65. The Bertz CT molecular complexity index is 473. The SMILES string of the molecule is Cc1ccsc1-c1nc(C(N)=O)cs1. The first kappa shape index (κ1) is 9.36. The average Bonchev–Trinajstić information content (AvgIpc) is 2.71. The van der Waals surface area contributed by atoms with Gasteiger partial charge in [-0.3, -0.25) is 4.79 Å². The van der Waals surface area contributed by atoms with Crippen molar-refractivity contribution in [3.8, 4) is 9.88 Å². The van der Waals surface area contributed by atoms with Crippen LogP contribution in [-0.2, 0) is 0 Å². The van der Waals surface area contributed by atoms with Gasteiger partial charge in [0.25, 0.3) is 5.91 Å². The van der Waals surface area contributed by atoms with Crippen molar-refractivity contribution in [3.05, 3.63) is 28.1 Å². The molecule has 2 N–H and O–H groups in total. The van der Waals surface area contributed by atoms with Gasteiger partial charge in [0.05, 0.1) is 4.88 Å². The number of nitrogens with two attached hydrogens (primary N) is 1. The first-order valence-corrected chi connectivity index (χ1v) is 5.74. The number of thiophene rings is 1. The van der Waals surface area contributed by atoms with E-state index in [0.717, 1.165) is 9.88 Å². The van der Waals surface area contributed by atoms with Gasteiger partial charge in [0.15, 0.2) is 0 Å². The van der Waals surface area contributed by atoms with Crippen LogP contribution in [0, 0.1) is 6.92 Å². The number of amides is 1. The highest BCUT2D eigenvalue weighted by Gasteiger charge is 2.10. The number of aromatic nitrogens is 1. The van der Waals surface area contributed by atoms with Gasteiger partial charge in [-0.25, -0.2) is 4.98 Å². The summed E-state index contributed by atoms with van der Waals surface area (Å²) >= 11 is 3.07. The number of nitrogens with zero attached hydrogens (tertiary/aromatic N) is 1. The van der Waals surface area contributed by atoms with Gasteiger partial charge in [-0.1, -0.05) is 0 Å². The van der Waals surface area contributed by atoms with Crippen molar-refractivity contribution in [1.29, 1.82) is 0 Å². The Hall–Kier alpha value is -1.20. The van der Waals surface area contributed by atoms with Crippen LogP contribution in [0.2, 0.25) is 0 Å². The number of hydrogen-bond acceptors (Lipinski definition) is 4. The lowest BCUT2D eigenvalue weighted by Gasteiger charge is -1.91. The maximum Gasteiger partial charge on any atom is 0.268 e. The topological polar surface area (TPSA) is 56.0 Å². The van der Waals surface area contributed by atoms with Gasteiger partial charge in [-0.2, -0.15) is 0 Å². The predicted octanol–water partition coefficient (Wildman–Crippen LogP) is 2.28. The lowest BCUT2D eigenvalue weighted by Crippen LogP contribution is -2.10. The third-order valence-electron chi connectivity index (χ3n) is 1.81. The van der Waals surface area contributed by atoms with Crippen molar-refractivity contribution in [2.45, 2.75) is 6.92 Å². The third-order valence-corrected chi connectivity index (χ3v) is 3.83. The Morgan fingerprint density at radius 1 is 1.50 bits per heavy atom. The fourth-order valence-corrected chi connectivity index (χ4v) is 2.99. The molecule has 0 saturated carbocycles. The van der Waals surface area contributed by atoms with Crippen molar-refractivity contribution in [1.82, 2.24) is 4.98 Å². The van der Waals surface area contributed by atoms with Gasteiger partial charge in [0.1, 0.15) is 10.7 Å². The summed E-state index contributed by atoms with van der Waals surface area (Å²) in [6, 6.07) is 2.03. The molecule has 2 aromatic heterocycles. The molecule has 0 aromatic carbocycles. The molecule has 0 bridgehead atoms. The van der Waals surface area contributed by atoms with Crippen LogP contribution in [-0.4, -0.2) is 10.9 Å². The van der Waals surface area contributed by atoms with Crippen molar-refractivity contribution < 1.29 is 4.79 Å². The highest BCUT2D eigenvalue weighted by atomic mass is 32.1. The van der Waals surface area contributed by atoms with Crippen LogP contribution in [0.3, 0.4) is 0 Å². The number of hydrogen-bond donors (Lipinski definition) is 1. The van der Waals surface area contributed by atoms with E-state index in [-0.39, 0.29) is 0 Å².